The van der Waals surface area contributed by atoms with Gasteiger partial charge in [-0.05, 0) is 18.8 Å². The number of methoxy groups -OCH3 is 1. The Morgan fingerprint density at radius 2 is 1.96 bits per heavy atom. The van der Waals surface area contributed by atoms with Crippen LogP contribution in [0, 0.1) is 5.92 Å². The molecule has 1 saturated heterocycles. The van der Waals surface area contributed by atoms with Crippen LogP contribution < -0.4 is 10.6 Å². The van der Waals surface area contributed by atoms with Crippen LogP contribution in [0.3, 0.4) is 0 Å². The Morgan fingerprint density at radius 1 is 1.25 bits per heavy atom. The van der Waals surface area contributed by atoms with Crippen LogP contribution in [0.2, 0.25) is 0 Å². The molecule has 2 aliphatic rings. The summed E-state index contributed by atoms with van der Waals surface area (Å²) in [4.78, 5) is 37.2. The molecule has 1 saturated carbocycles. The van der Waals surface area contributed by atoms with E-state index in [4.69, 9.17) is 0 Å². The molecule has 136 valence electrons. The van der Waals surface area contributed by atoms with Gasteiger partial charge in [0.05, 0.1) is 19.8 Å². The van der Waals surface area contributed by atoms with Crippen molar-refractivity contribution in [3.05, 3.63) is 0 Å². The molecule has 4 atom stereocenters. The predicted octanol–water partition coefficient (Wildman–Crippen LogP) is -0.000900. The number of nitrogens with one attached hydrogen (secondary N) is 2. The van der Waals surface area contributed by atoms with Crippen molar-refractivity contribution in [3.63, 3.8) is 0 Å². The second kappa shape index (κ2) is 8.43. The molecular formula is C16H27N3O5. The van der Waals surface area contributed by atoms with Gasteiger partial charge in [0.25, 0.3) is 0 Å². The first-order chi connectivity index (χ1) is 11.4. The lowest BCUT2D eigenvalue weighted by molar-refractivity contribution is -0.146. The third kappa shape index (κ3) is 4.91. The molecule has 2 rings (SSSR count). The number of esters is 1. The van der Waals surface area contributed by atoms with Gasteiger partial charge in [-0.2, -0.15) is 0 Å². The number of amides is 3. The van der Waals surface area contributed by atoms with Crippen LogP contribution in [0.5, 0.6) is 0 Å². The molecule has 0 unspecified atom stereocenters. The number of carbonyl (C=O) groups is 3. The first kappa shape index (κ1) is 18.7. The SMILES string of the molecule is COC(=O)[C@@H]1C[C@@H](O)CN1CC(=O)NC(=O)N[C@@H]1CCCC[C@H]1C. The fourth-order valence-corrected chi connectivity index (χ4v) is 3.52. The van der Waals surface area contributed by atoms with E-state index in [9.17, 15) is 19.5 Å². The minimum Gasteiger partial charge on any atom is -0.468 e. The van der Waals surface area contributed by atoms with Crippen LogP contribution in [0.1, 0.15) is 39.0 Å². The van der Waals surface area contributed by atoms with Crippen molar-refractivity contribution in [1.29, 1.82) is 0 Å². The van der Waals surface area contributed by atoms with Crippen molar-refractivity contribution in [3.8, 4) is 0 Å². The van der Waals surface area contributed by atoms with Crippen LogP contribution in [-0.2, 0) is 14.3 Å². The topological polar surface area (TPSA) is 108 Å². The summed E-state index contributed by atoms with van der Waals surface area (Å²) in [5, 5.41) is 14.8. The molecule has 0 aromatic rings. The van der Waals surface area contributed by atoms with E-state index in [1.807, 2.05) is 0 Å². The van der Waals surface area contributed by atoms with Gasteiger partial charge in [0.1, 0.15) is 6.04 Å². The number of imide groups is 1. The van der Waals surface area contributed by atoms with E-state index in [1.54, 1.807) is 0 Å². The van der Waals surface area contributed by atoms with Crippen molar-refractivity contribution in [2.24, 2.45) is 5.92 Å². The monoisotopic (exact) mass is 341 g/mol. The van der Waals surface area contributed by atoms with Gasteiger partial charge in [-0.15, -0.1) is 0 Å². The zero-order valence-corrected chi connectivity index (χ0v) is 14.3. The quantitative estimate of drug-likeness (QED) is 0.621. The Bertz CT molecular complexity index is 484. The highest BCUT2D eigenvalue weighted by Crippen LogP contribution is 2.23. The molecule has 0 aromatic heterocycles. The second-order valence-corrected chi connectivity index (χ2v) is 6.75. The summed E-state index contributed by atoms with van der Waals surface area (Å²) in [7, 11) is 1.27. The Labute approximate surface area is 141 Å². The van der Waals surface area contributed by atoms with Crippen molar-refractivity contribution < 1.29 is 24.2 Å². The van der Waals surface area contributed by atoms with Crippen molar-refractivity contribution >= 4 is 17.9 Å². The molecular weight excluding hydrogens is 314 g/mol. The number of hydrogen-bond donors (Lipinski definition) is 3. The molecule has 8 heteroatoms. The third-order valence-corrected chi connectivity index (χ3v) is 4.88. The average Bonchev–Trinajstić information content (AvgIpc) is 2.89. The van der Waals surface area contributed by atoms with Crippen molar-refractivity contribution in [2.75, 3.05) is 20.2 Å². The summed E-state index contributed by atoms with van der Waals surface area (Å²) < 4.78 is 4.68. The van der Waals surface area contributed by atoms with E-state index in [-0.39, 0.29) is 25.6 Å². The lowest BCUT2D eigenvalue weighted by Gasteiger charge is -2.29. The zero-order chi connectivity index (χ0) is 17.7. The first-order valence-electron chi connectivity index (χ1n) is 8.51. The molecule has 1 aliphatic carbocycles. The lowest BCUT2D eigenvalue weighted by Crippen LogP contribution is -2.51. The maximum absolute atomic E-state index is 12.0. The Hall–Kier alpha value is -1.67. The highest BCUT2D eigenvalue weighted by Gasteiger charge is 2.37. The first-order valence-corrected chi connectivity index (χ1v) is 8.51. The van der Waals surface area contributed by atoms with Gasteiger partial charge in [-0.1, -0.05) is 19.8 Å². The van der Waals surface area contributed by atoms with Gasteiger partial charge in [0.15, 0.2) is 0 Å². The lowest BCUT2D eigenvalue weighted by atomic mass is 9.86. The highest BCUT2D eigenvalue weighted by atomic mass is 16.5. The van der Waals surface area contributed by atoms with Crippen molar-refractivity contribution in [2.45, 2.75) is 57.2 Å². The standard InChI is InChI=1S/C16H27N3O5/c1-10-5-3-4-6-12(10)17-16(23)18-14(21)9-19-8-11(20)7-13(19)15(22)24-2/h10-13,20H,3-9H2,1-2H3,(H2,17,18,21,23)/t10-,11-,12-,13+/m1/s1. The van der Waals surface area contributed by atoms with E-state index < -0.39 is 30.1 Å². The number of hydrogen-bond acceptors (Lipinski definition) is 6. The number of urea groups is 1. The zero-order valence-electron chi connectivity index (χ0n) is 14.3. The van der Waals surface area contributed by atoms with Crippen LogP contribution >= 0.6 is 0 Å². The molecule has 0 bridgehead atoms. The smallest absolute Gasteiger partial charge is 0.323 e. The Kier molecular flexibility index (Phi) is 6.56. The predicted molar refractivity (Wildman–Crippen MR) is 86.1 cm³/mol. The summed E-state index contributed by atoms with van der Waals surface area (Å²) in [5.41, 5.74) is 0. The number of aliphatic hydroxyl groups is 1. The number of ether oxygens (including phenoxy) is 1. The minimum absolute atomic E-state index is 0.0861. The molecule has 3 amide bonds. The summed E-state index contributed by atoms with van der Waals surface area (Å²) in [6.07, 6.45) is 3.79. The molecule has 0 spiro atoms. The maximum Gasteiger partial charge on any atom is 0.323 e. The maximum atomic E-state index is 12.0. The summed E-state index contributed by atoms with van der Waals surface area (Å²) >= 11 is 0. The van der Waals surface area contributed by atoms with Gasteiger partial charge in [0.2, 0.25) is 5.91 Å². The molecule has 0 radical (unpaired) electrons. The molecule has 1 aliphatic heterocycles. The van der Waals surface area contributed by atoms with Crippen LogP contribution in [0.4, 0.5) is 4.79 Å². The minimum atomic E-state index is -0.682. The fourth-order valence-electron chi connectivity index (χ4n) is 3.52. The van der Waals surface area contributed by atoms with E-state index >= 15 is 0 Å². The van der Waals surface area contributed by atoms with Gasteiger partial charge in [0, 0.05) is 19.0 Å². The van der Waals surface area contributed by atoms with Crippen LogP contribution in [0.15, 0.2) is 0 Å². The van der Waals surface area contributed by atoms with Gasteiger partial charge < -0.3 is 15.2 Å². The molecule has 0 aromatic carbocycles. The van der Waals surface area contributed by atoms with E-state index in [0.29, 0.717) is 5.92 Å². The molecule has 24 heavy (non-hydrogen) atoms. The van der Waals surface area contributed by atoms with Crippen LogP contribution in [-0.4, -0.2) is 66.3 Å². The largest absolute Gasteiger partial charge is 0.468 e. The Morgan fingerprint density at radius 3 is 2.62 bits per heavy atom. The Balaban J connectivity index is 1.81. The summed E-state index contributed by atoms with van der Waals surface area (Å²) in [5.74, 6) is -0.587. The number of nitrogens with zero attached hydrogens (tertiary/aromatic N) is 1. The highest BCUT2D eigenvalue weighted by molar-refractivity contribution is 5.95. The van der Waals surface area contributed by atoms with E-state index in [0.717, 1.165) is 19.3 Å². The fraction of sp³-hybridized carbons (Fsp3) is 0.812. The second-order valence-electron chi connectivity index (χ2n) is 6.75. The summed E-state index contributed by atoms with van der Waals surface area (Å²) in [6, 6.07) is -1.08. The molecule has 8 nitrogen and oxygen atoms in total. The van der Waals surface area contributed by atoms with E-state index in [2.05, 4.69) is 22.3 Å². The molecule has 2 fully saturated rings. The van der Waals surface area contributed by atoms with Gasteiger partial charge in [-0.3, -0.25) is 19.8 Å². The number of aliphatic hydroxyl groups excluding tert-OH is 1. The number of likely N-dealkylation sites (tertiary alicyclic amines) is 1. The molecule has 3 N–H and O–H groups in total. The molecule has 1 heterocycles. The average molecular weight is 341 g/mol. The summed E-state index contributed by atoms with van der Waals surface area (Å²) in [6.45, 7) is 2.16. The third-order valence-electron chi connectivity index (χ3n) is 4.88. The number of β-amino-alcohol motifs (C(OH)–C–C–N with tert-alkyl or cyclic N) is 1. The number of carbonyl (C=O) groups excluding carboxylic acids is 3. The van der Waals surface area contributed by atoms with Gasteiger partial charge >= 0.3 is 12.0 Å². The van der Waals surface area contributed by atoms with E-state index in [1.165, 1.54) is 18.4 Å². The van der Waals surface area contributed by atoms with Gasteiger partial charge in [-0.25, -0.2) is 4.79 Å². The van der Waals surface area contributed by atoms with Crippen molar-refractivity contribution in [1.82, 2.24) is 15.5 Å². The van der Waals surface area contributed by atoms with Crippen LogP contribution in [0.25, 0.3) is 0 Å². The number of rotatable bonds is 4. The normalized spacial score (nSPS) is 30.6.